The summed E-state index contributed by atoms with van der Waals surface area (Å²) in [4.78, 5) is 20.5. The smallest absolute Gasteiger partial charge is 0.293 e. The molecule has 118 valence electrons. The van der Waals surface area contributed by atoms with Crippen molar-refractivity contribution in [1.29, 1.82) is 0 Å². The van der Waals surface area contributed by atoms with E-state index in [9.17, 15) is 9.59 Å². The Morgan fingerprint density at radius 1 is 0.950 bits per heavy atom. The lowest BCUT2D eigenvalue weighted by molar-refractivity contribution is -0.152. The summed E-state index contributed by atoms with van der Waals surface area (Å²) in [5, 5.41) is 0. The molecule has 0 aliphatic heterocycles. The van der Waals surface area contributed by atoms with Crippen molar-refractivity contribution >= 4 is 12.9 Å². The summed E-state index contributed by atoms with van der Waals surface area (Å²) >= 11 is 0. The number of carbonyl (C=O) groups is 2. The maximum Gasteiger partial charge on any atom is 0.293 e. The maximum atomic E-state index is 10.3. The van der Waals surface area contributed by atoms with Crippen molar-refractivity contribution in [2.24, 2.45) is 0 Å². The van der Waals surface area contributed by atoms with E-state index in [1.165, 1.54) is 0 Å². The van der Waals surface area contributed by atoms with Gasteiger partial charge in [-0.2, -0.15) is 0 Å². The molecule has 0 aromatic heterocycles. The zero-order valence-corrected chi connectivity index (χ0v) is 13.0. The Bertz CT molecular complexity index is 282. The normalized spacial score (nSPS) is 13.7. The Kier molecular flexibility index (Phi) is 8.41. The van der Waals surface area contributed by atoms with E-state index in [1.54, 1.807) is 0 Å². The van der Waals surface area contributed by atoms with E-state index in [4.69, 9.17) is 14.2 Å². The lowest BCUT2D eigenvalue weighted by Crippen LogP contribution is -2.34. The molecular weight excluding hydrogens is 264 g/mol. The van der Waals surface area contributed by atoms with Crippen LogP contribution in [0.5, 0.6) is 0 Å². The highest BCUT2D eigenvalue weighted by Crippen LogP contribution is 2.17. The van der Waals surface area contributed by atoms with Crippen LogP contribution in [0.4, 0.5) is 0 Å². The zero-order valence-electron chi connectivity index (χ0n) is 13.0. The summed E-state index contributed by atoms with van der Waals surface area (Å²) < 4.78 is 20.7. The molecule has 6 heteroatoms. The van der Waals surface area contributed by atoms with Crippen LogP contribution in [0.2, 0.25) is 0 Å². The first-order valence-electron chi connectivity index (χ1n) is 6.62. The molecule has 0 spiro atoms. The van der Waals surface area contributed by atoms with Gasteiger partial charge < -0.3 is 18.9 Å². The van der Waals surface area contributed by atoms with E-state index in [-0.39, 0.29) is 18.8 Å². The van der Waals surface area contributed by atoms with Gasteiger partial charge in [-0.15, -0.1) is 0 Å². The van der Waals surface area contributed by atoms with E-state index in [1.807, 2.05) is 34.6 Å². The quantitative estimate of drug-likeness (QED) is 0.539. The highest BCUT2D eigenvalue weighted by atomic mass is 16.6. The minimum Gasteiger partial charge on any atom is -0.464 e. The van der Waals surface area contributed by atoms with Crippen molar-refractivity contribution in [3.63, 3.8) is 0 Å². The zero-order chi connectivity index (χ0) is 15.6. The third-order valence-corrected chi connectivity index (χ3v) is 2.50. The van der Waals surface area contributed by atoms with Crippen LogP contribution in [0.25, 0.3) is 0 Å². The Morgan fingerprint density at radius 2 is 1.60 bits per heavy atom. The second-order valence-corrected chi connectivity index (χ2v) is 6.07. The van der Waals surface area contributed by atoms with Gasteiger partial charge in [0, 0.05) is 6.61 Å². The minimum atomic E-state index is -0.597. The number of rotatable bonds is 11. The Hall–Kier alpha value is -1.14. The van der Waals surface area contributed by atoms with Crippen LogP contribution in [0.1, 0.15) is 41.0 Å². The fourth-order valence-corrected chi connectivity index (χ4v) is 1.35. The lowest BCUT2D eigenvalue weighted by atomic mass is 10.1. The van der Waals surface area contributed by atoms with Gasteiger partial charge in [0.15, 0.2) is 6.10 Å². The molecule has 6 nitrogen and oxygen atoms in total. The fourth-order valence-electron chi connectivity index (χ4n) is 1.35. The van der Waals surface area contributed by atoms with Crippen LogP contribution >= 0.6 is 0 Å². The van der Waals surface area contributed by atoms with Crippen LogP contribution in [-0.2, 0) is 28.5 Å². The van der Waals surface area contributed by atoms with Crippen LogP contribution < -0.4 is 0 Å². The molecule has 0 bridgehead atoms. The van der Waals surface area contributed by atoms with Crippen molar-refractivity contribution in [2.75, 3.05) is 19.8 Å². The van der Waals surface area contributed by atoms with Gasteiger partial charge in [-0.3, -0.25) is 9.59 Å². The Balaban J connectivity index is 4.08. The number of hydrogen-bond acceptors (Lipinski definition) is 6. The van der Waals surface area contributed by atoms with E-state index < -0.39 is 11.7 Å². The van der Waals surface area contributed by atoms with Gasteiger partial charge in [0.1, 0.15) is 6.61 Å². The Morgan fingerprint density at radius 3 is 2.10 bits per heavy atom. The van der Waals surface area contributed by atoms with Gasteiger partial charge in [0.25, 0.3) is 12.9 Å². The minimum absolute atomic E-state index is 0.0171. The summed E-state index contributed by atoms with van der Waals surface area (Å²) in [7, 11) is 0. The second kappa shape index (κ2) is 8.92. The summed E-state index contributed by atoms with van der Waals surface area (Å²) in [6.07, 6.45) is 0.104. The van der Waals surface area contributed by atoms with Gasteiger partial charge >= 0.3 is 0 Å². The van der Waals surface area contributed by atoms with Crippen LogP contribution in [0.3, 0.4) is 0 Å². The van der Waals surface area contributed by atoms with Gasteiger partial charge in [-0.1, -0.05) is 0 Å². The molecule has 0 aromatic rings. The van der Waals surface area contributed by atoms with Crippen molar-refractivity contribution < 1.29 is 28.5 Å². The van der Waals surface area contributed by atoms with Gasteiger partial charge in [0.05, 0.1) is 17.8 Å². The van der Waals surface area contributed by atoms with Gasteiger partial charge in [-0.25, -0.2) is 0 Å². The van der Waals surface area contributed by atoms with E-state index in [0.29, 0.717) is 26.0 Å². The van der Waals surface area contributed by atoms with Gasteiger partial charge in [-0.05, 0) is 41.0 Å². The predicted octanol–water partition coefficient (Wildman–Crippen LogP) is 1.70. The molecule has 0 aromatic carbocycles. The molecule has 0 amide bonds. The lowest BCUT2D eigenvalue weighted by Gasteiger charge is -2.29. The average molecular weight is 290 g/mol. The molecule has 20 heavy (non-hydrogen) atoms. The molecular formula is C14H26O6. The standard InChI is InChI=1S/C14H26O6/c1-13(2,3)19-7-6-14(4,5)20-9-12(18-11-16)8-17-10-15/h10-12H,6-9H2,1-5H3. The highest BCUT2D eigenvalue weighted by Gasteiger charge is 2.23. The summed E-state index contributed by atoms with van der Waals surface area (Å²) in [6.45, 7) is 11.2. The molecule has 0 radical (unpaired) electrons. The second-order valence-electron chi connectivity index (χ2n) is 6.07. The molecule has 0 rings (SSSR count). The van der Waals surface area contributed by atoms with Crippen LogP contribution in [-0.4, -0.2) is 50.1 Å². The van der Waals surface area contributed by atoms with E-state index in [2.05, 4.69) is 4.74 Å². The Labute approximate surface area is 120 Å². The molecule has 0 aliphatic rings. The molecule has 0 N–H and O–H groups in total. The topological polar surface area (TPSA) is 71.1 Å². The molecule has 1 atom stereocenters. The van der Waals surface area contributed by atoms with Crippen molar-refractivity contribution in [1.82, 2.24) is 0 Å². The summed E-state index contributed by atoms with van der Waals surface area (Å²) in [5.74, 6) is 0. The van der Waals surface area contributed by atoms with Crippen LogP contribution in [0, 0.1) is 0 Å². The summed E-state index contributed by atoms with van der Waals surface area (Å²) in [5.41, 5.74) is -0.603. The first kappa shape index (κ1) is 18.9. The van der Waals surface area contributed by atoms with Crippen molar-refractivity contribution in [3.8, 4) is 0 Å². The largest absolute Gasteiger partial charge is 0.464 e. The molecule has 1 unspecified atom stereocenters. The van der Waals surface area contributed by atoms with E-state index in [0.717, 1.165) is 0 Å². The van der Waals surface area contributed by atoms with E-state index >= 15 is 0 Å². The molecule has 0 fully saturated rings. The highest BCUT2D eigenvalue weighted by molar-refractivity contribution is 5.38. The van der Waals surface area contributed by atoms with Crippen molar-refractivity contribution in [2.45, 2.75) is 58.3 Å². The van der Waals surface area contributed by atoms with Crippen LogP contribution in [0.15, 0.2) is 0 Å². The number of ether oxygens (including phenoxy) is 4. The summed E-state index contributed by atoms with van der Waals surface area (Å²) in [6, 6.07) is 0. The fraction of sp³-hybridized carbons (Fsp3) is 0.857. The first-order valence-corrected chi connectivity index (χ1v) is 6.62. The van der Waals surface area contributed by atoms with Crippen molar-refractivity contribution in [3.05, 3.63) is 0 Å². The molecule has 0 saturated carbocycles. The van der Waals surface area contributed by atoms with Gasteiger partial charge in [0.2, 0.25) is 0 Å². The number of carbonyl (C=O) groups excluding carboxylic acids is 2. The number of hydrogen-bond donors (Lipinski definition) is 0. The first-order chi connectivity index (χ1) is 9.20. The third-order valence-electron chi connectivity index (χ3n) is 2.50. The maximum absolute atomic E-state index is 10.3. The molecule has 0 aliphatic carbocycles. The monoisotopic (exact) mass is 290 g/mol. The molecule has 0 heterocycles. The predicted molar refractivity (Wildman–Crippen MR) is 73.3 cm³/mol. The third kappa shape index (κ3) is 10.8. The SMILES string of the molecule is CC(C)(C)OCCC(C)(C)OCC(COC=O)OC=O. The average Bonchev–Trinajstić information content (AvgIpc) is 2.31. The molecule has 0 saturated heterocycles.